The molecule has 4 N–H and O–H groups in total. The number of hydrogen-bond donors (Lipinski definition) is 3. The lowest BCUT2D eigenvalue weighted by atomic mass is 10.1. The normalized spacial score (nSPS) is 11.6. The van der Waals surface area contributed by atoms with Crippen molar-refractivity contribution in [2.75, 3.05) is 12.4 Å². The summed E-state index contributed by atoms with van der Waals surface area (Å²) in [7, 11) is -2.28. The second kappa shape index (κ2) is 8.06. The van der Waals surface area contributed by atoms with Gasteiger partial charge in [-0.2, -0.15) is 0 Å². The van der Waals surface area contributed by atoms with E-state index in [9.17, 15) is 13.5 Å². The van der Waals surface area contributed by atoms with E-state index in [1.54, 1.807) is 42.9 Å². The van der Waals surface area contributed by atoms with Crippen molar-refractivity contribution < 1.29 is 18.3 Å². The van der Waals surface area contributed by atoms with Crippen LogP contribution in [0, 0.1) is 0 Å². The summed E-state index contributed by atoms with van der Waals surface area (Å²) in [5, 5.41) is 18.5. The topological polar surface area (TPSA) is 132 Å². The van der Waals surface area contributed by atoms with Gasteiger partial charge in [0.1, 0.15) is 0 Å². The maximum atomic E-state index is 11.4. The number of aromatic nitrogens is 3. The summed E-state index contributed by atoms with van der Waals surface area (Å²) in [5.41, 5.74) is 2.88. The molecule has 160 valence electrons. The number of phenolic OH excluding ortho intramolecular Hbond substituents is 1. The minimum atomic E-state index is -3.73. The molecule has 0 atom stereocenters. The van der Waals surface area contributed by atoms with Crippen LogP contribution in [0.25, 0.3) is 16.9 Å². The zero-order valence-corrected chi connectivity index (χ0v) is 17.9. The van der Waals surface area contributed by atoms with Gasteiger partial charge in [-0.05, 0) is 29.8 Å². The Hall–Kier alpha value is -3.34. The second-order valence-corrected chi connectivity index (χ2v) is 8.63. The van der Waals surface area contributed by atoms with Gasteiger partial charge in [-0.1, -0.05) is 23.7 Å². The first kappa shape index (κ1) is 20.9. The highest BCUT2D eigenvalue weighted by Gasteiger charge is 2.15. The number of imidazole rings is 1. The van der Waals surface area contributed by atoms with Crippen molar-refractivity contribution in [1.29, 1.82) is 0 Å². The van der Waals surface area contributed by atoms with Crippen molar-refractivity contribution >= 4 is 33.1 Å². The number of nitrogens with two attached hydrogens (primary N) is 1. The number of benzene rings is 2. The molecule has 0 aliphatic heterocycles. The van der Waals surface area contributed by atoms with Crippen molar-refractivity contribution in [1.82, 2.24) is 14.4 Å². The molecule has 0 spiro atoms. The van der Waals surface area contributed by atoms with Crippen molar-refractivity contribution in [3.63, 3.8) is 0 Å². The summed E-state index contributed by atoms with van der Waals surface area (Å²) in [5.74, 6) is 0.674. The van der Waals surface area contributed by atoms with Gasteiger partial charge in [0, 0.05) is 24.5 Å². The Morgan fingerprint density at radius 2 is 1.97 bits per heavy atom. The van der Waals surface area contributed by atoms with Crippen LogP contribution in [0.3, 0.4) is 0 Å². The van der Waals surface area contributed by atoms with Gasteiger partial charge >= 0.3 is 0 Å². The Morgan fingerprint density at radius 3 is 2.65 bits per heavy atom. The fraction of sp³-hybridized carbons (Fsp3) is 0.100. The number of ether oxygens (including phenoxy) is 1. The largest absolute Gasteiger partial charge is 0.503 e. The summed E-state index contributed by atoms with van der Waals surface area (Å²) in [6.07, 6.45) is 5.06. The molecule has 11 heteroatoms. The average Bonchev–Trinajstić information content (AvgIpc) is 3.18. The highest BCUT2D eigenvalue weighted by molar-refractivity contribution is 7.89. The second-order valence-electron chi connectivity index (χ2n) is 6.66. The van der Waals surface area contributed by atoms with E-state index >= 15 is 0 Å². The van der Waals surface area contributed by atoms with E-state index in [1.807, 2.05) is 4.40 Å². The average molecular weight is 460 g/mol. The van der Waals surface area contributed by atoms with E-state index in [0.717, 1.165) is 11.3 Å². The number of phenols is 1. The van der Waals surface area contributed by atoms with E-state index in [1.165, 1.54) is 19.2 Å². The SMILES string of the molecule is COc1cc(-c2cnc3c(NCc4ccc(S(N)(=O)=O)cc4)nccn23)cc(Cl)c1O. The molecule has 2 aromatic carbocycles. The van der Waals surface area contributed by atoms with Crippen molar-refractivity contribution in [2.24, 2.45) is 5.14 Å². The number of fused-ring (bicyclic) bond motifs is 1. The number of aromatic hydroxyl groups is 1. The number of hydrogen-bond acceptors (Lipinski definition) is 7. The van der Waals surface area contributed by atoms with Gasteiger partial charge in [0.05, 0.1) is 28.9 Å². The lowest BCUT2D eigenvalue weighted by molar-refractivity contribution is 0.374. The molecular weight excluding hydrogens is 442 g/mol. The van der Waals surface area contributed by atoms with E-state index in [0.29, 0.717) is 23.6 Å². The molecule has 9 nitrogen and oxygen atoms in total. The predicted molar refractivity (Wildman–Crippen MR) is 117 cm³/mol. The van der Waals surface area contributed by atoms with Crippen LogP contribution in [-0.2, 0) is 16.6 Å². The number of halogens is 1. The lowest BCUT2D eigenvalue weighted by Gasteiger charge is -2.10. The lowest BCUT2D eigenvalue weighted by Crippen LogP contribution is -2.12. The maximum Gasteiger partial charge on any atom is 0.238 e. The summed E-state index contributed by atoms with van der Waals surface area (Å²) in [6, 6.07) is 9.56. The number of nitrogens with zero attached hydrogens (tertiary/aromatic N) is 3. The van der Waals surface area contributed by atoms with E-state index in [2.05, 4.69) is 15.3 Å². The van der Waals surface area contributed by atoms with Crippen LogP contribution >= 0.6 is 11.6 Å². The molecule has 0 bridgehead atoms. The molecule has 2 heterocycles. The third-order valence-electron chi connectivity index (χ3n) is 4.68. The van der Waals surface area contributed by atoms with Crippen molar-refractivity contribution in [2.45, 2.75) is 11.4 Å². The Balaban J connectivity index is 1.63. The zero-order chi connectivity index (χ0) is 22.2. The van der Waals surface area contributed by atoms with Crippen LogP contribution in [0.2, 0.25) is 5.02 Å². The first-order valence-corrected chi connectivity index (χ1v) is 10.9. The summed E-state index contributed by atoms with van der Waals surface area (Å²) in [6.45, 7) is 0.401. The summed E-state index contributed by atoms with van der Waals surface area (Å²) in [4.78, 5) is 8.86. The summed E-state index contributed by atoms with van der Waals surface area (Å²) >= 11 is 6.12. The van der Waals surface area contributed by atoms with Crippen LogP contribution < -0.4 is 15.2 Å². The minimum absolute atomic E-state index is 0.0531. The monoisotopic (exact) mass is 459 g/mol. The molecule has 31 heavy (non-hydrogen) atoms. The van der Waals surface area contributed by atoms with E-state index < -0.39 is 10.0 Å². The molecule has 2 aromatic heterocycles. The maximum absolute atomic E-state index is 11.4. The van der Waals surface area contributed by atoms with Gasteiger partial charge in [-0.25, -0.2) is 23.5 Å². The third-order valence-corrected chi connectivity index (χ3v) is 5.90. The molecule has 0 radical (unpaired) electrons. The number of nitrogens with one attached hydrogen (secondary N) is 1. The molecule has 0 saturated heterocycles. The molecule has 0 aliphatic rings. The van der Waals surface area contributed by atoms with Crippen LogP contribution in [0.5, 0.6) is 11.5 Å². The standard InChI is InChI=1S/C20H18ClN5O4S/c1-30-17-9-13(8-15(21)18(17)27)16-11-25-20-19(23-6-7-26(16)20)24-10-12-2-4-14(5-3-12)31(22,28)29/h2-9,11,27H,10H2,1H3,(H,23,24)(H2,22,28,29). The number of sulfonamides is 1. The van der Waals surface area contributed by atoms with E-state index in [4.69, 9.17) is 21.5 Å². The quantitative estimate of drug-likeness (QED) is 0.403. The first-order chi connectivity index (χ1) is 14.8. The molecule has 0 amide bonds. The predicted octanol–water partition coefficient (Wildman–Crippen LogP) is 3.02. The highest BCUT2D eigenvalue weighted by Crippen LogP contribution is 2.38. The van der Waals surface area contributed by atoms with Crippen LogP contribution in [0.1, 0.15) is 5.56 Å². The minimum Gasteiger partial charge on any atom is -0.503 e. The van der Waals surface area contributed by atoms with Gasteiger partial charge in [0.2, 0.25) is 10.0 Å². The molecule has 4 rings (SSSR count). The number of rotatable bonds is 6. The summed E-state index contributed by atoms with van der Waals surface area (Å²) < 4.78 is 29.8. The fourth-order valence-corrected chi connectivity index (χ4v) is 3.84. The van der Waals surface area contributed by atoms with Crippen molar-refractivity contribution in [3.05, 3.63) is 65.6 Å². The van der Waals surface area contributed by atoms with Crippen LogP contribution in [-0.4, -0.2) is 35.0 Å². The molecule has 0 aliphatic carbocycles. The Kier molecular flexibility index (Phi) is 5.44. The molecule has 4 aromatic rings. The molecule has 0 unspecified atom stereocenters. The fourth-order valence-electron chi connectivity index (χ4n) is 3.12. The zero-order valence-electron chi connectivity index (χ0n) is 16.3. The van der Waals surface area contributed by atoms with Gasteiger partial charge in [0.25, 0.3) is 0 Å². The highest BCUT2D eigenvalue weighted by atomic mass is 35.5. The Labute approximate surface area is 183 Å². The van der Waals surface area contributed by atoms with Gasteiger partial charge < -0.3 is 15.2 Å². The van der Waals surface area contributed by atoms with Crippen LogP contribution in [0.4, 0.5) is 5.82 Å². The number of methoxy groups -OCH3 is 1. The number of anilines is 1. The first-order valence-electron chi connectivity index (χ1n) is 9.02. The van der Waals surface area contributed by atoms with Gasteiger partial charge in [0.15, 0.2) is 23.0 Å². The molecule has 0 fully saturated rings. The molecule has 0 saturated carbocycles. The van der Waals surface area contributed by atoms with Gasteiger partial charge in [-0.15, -0.1) is 0 Å². The Morgan fingerprint density at radius 1 is 1.23 bits per heavy atom. The smallest absolute Gasteiger partial charge is 0.238 e. The van der Waals surface area contributed by atoms with E-state index in [-0.39, 0.29) is 21.4 Å². The molecular formula is C20H18ClN5O4S. The van der Waals surface area contributed by atoms with Crippen LogP contribution in [0.15, 0.2) is 59.9 Å². The van der Waals surface area contributed by atoms with Gasteiger partial charge in [-0.3, -0.25) is 4.40 Å². The number of primary sulfonamides is 1. The third kappa shape index (κ3) is 4.13. The Bertz CT molecular complexity index is 1370. The van der Waals surface area contributed by atoms with Crippen molar-refractivity contribution in [3.8, 4) is 22.8 Å².